The quantitative estimate of drug-likeness (QED) is 0.677. The number of hydrogen-bond acceptors (Lipinski definition) is 3. The molecule has 4 rings (SSSR count). The average molecular weight is 326 g/mol. The van der Waals surface area contributed by atoms with Crippen molar-refractivity contribution in [1.29, 1.82) is 0 Å². The van der Waals surface area contributed by atoms with Gasteiger partial charge in [0.25, 0.3) is 0 Å². The van der Waals surface area contributed by atoms with E-state index in [4.69, 9.17) is 16.6 Å². The molecule has 0 radical (unpaired) electrons. The number of alkyl halides is 1. The Morgan fingerprint density at radius 3 is 2.87 bits per heavy atom. The molecule has 1 aliphatic carbocycles. The molecule has 3 heterocycles. The first-order valence-electron chi connectivity index (χ1n) is 7.49. The van der Waals surface area contributed by atoms with Crippen LogP contribution in [0.5, 0.6) is 0 Å². The van der Waals surface area contributed by atoms with Crippen molar-refractivity contribution in [3.63, 3.8) is 0 Å². The summed E-state index contributed by atoms with van der Waals surface area (Å²) in [7, 11) is 2.00. The summed E-state index contributed by atoms with van der Waals surface area (Å²) in [5.41, 5.74) is 3.92. The summed E-state index contributed by atoms with van der Waals surface area (Å²) < 4.78 is 4.17. The van der Waals surface area contributed by atoms with Gasteiger partial charge in [-0.15, -0.1) is 11.6 Å². The van der Waals surface area contributed by atoms with Gasteiger partial charge < -0.3 is 4.57 Å². The molecule has 1 unspecified atom stereocenters. The molecule has 0 fully saturated rings. The molecule has 6 heteroatoms. The van der Waals surface area contributed by atoms with Crippen LogP contribution in [0.25, 0.3) is 28.2 Å². The van der Waals surface area contributed by atoms with Gasteiger partial charge in [-0.05, 0) is 25.5 Å². The van der Waals surface area contributed by atoms with Crippen molar-refractivity contribution in [1.82, 2.24) is 24.1 Å². The molecule has 0 amide bonds. The minimum Gasteiger partial charge on any atom is -0.329 e. The highest BCUT2D eigenvalue weighted by molar-refractivity contribution is 6.22. The molecule has 0 aliphatic heterocycles. The van der Waals surface area contributed by atoms with Gasteiger partial charge in [-0.1, -0.05) is 12.2 Å². The molecule has 3 aromatic heterocycles. The number of allylic oxidation sites excluding steroid dienone is 4. The van der Waals surface area contributed by atoms with Crippen LogP contribution < -0.4 is 0 Å². The number of fused-ring (bicyclic) bond motifs is 1. The summed E-state index contributed by atoms with van der Waals surface area (Å²) in [6.07, 6.45) is 12.5. The topological polar surface area (TPSA) is 48.5 Å². The summed E-state index contributed by atoms with van der Waals surface area (Å²) in [5.74, 6) is 1.81. The van der Waals surface area contributed by atoms with Crippen LogP contribution in [-0.4, -0.2) is 29.5 Å². The molecule has 0 saturated carbocycles. The molecule has 5 nitrogen and oxygen atoms in total. The first-order chi connectivity index (χ1) is 11.1. The van der Waals surface area contributed by atoms with Crippen molar-refractivity contribution in [3.8, 4) is 11.5 Å². The summed E-state index contributed by atoms with van der Waals surface area (Å²) in [5, 5.41) is 0.0501. The SMILES string of the molecule is Cc1ncc(-c2nc3ccncc3n2C2=CCC(Cl)C=C2)n1C. The number of imidazole rings is 2. The van der Waals surface area contributed by atoms with Crippen molar-refractivity contribution in [3.05, 3.63) is 48.7 Å². The van der Waals surface area contributed by atoms with E-state index in [0.717, 1.165) is 40.5 Å². The summed E-state index contributed by atoms with van der Waals surface area (Å²) in [4.78, 5) is 13.5. The van der Waals surface area contributed by atoms with E-state index in [1.165, 1.54) is 0 Å². The van der Waals surface area contributed by atoms with E-state index < -0.39 is 0 Å². The second-order valence-corrected chi connectivity index (χ2v) is 6.19. The first kappa shape index (κ1) is 14.2. The first-order valence-corrected chi connectivity index (χ1v) is 7.93. The van der Waals surface area contributed by atoms with Crippen molar-refractivity contribution in [2.45, 2.75) is 18.7 Å². The van der Waals surface area contributed by atoms with Crippen LogP contribution in [0, 0.1) is 6.92 Å². The van der Waals surface area contributed by atoms with Crippen LogP contribution in [0.3, 0.4) is 0 Å². The standard InChI is InChI=1S/C17H16ClN5/c1-11-20-10-16(22(11)2)17-21-14-7-8-19-9-15(14)23(17)13-5-3-12(18)4-6-13/h3,5-10,12H,4H2,1-2H3. The molecule has 3 aromatic rings. The second-order valence-electron chi connectivity index (χ2n) is 5.62. The highest BCUT2D eigenvalue weighted by Crippen LogP contribution is 2.30. The summed E-state index contributed by atoms with van der Waals surface area (Å²) >= 11 is 6.16. The van der Waals surface area contributed by atoms with Gasteiger partial charge in [-0.25, -0.2) is 9.97 Å². The zero-order valence-corrected chi connectivity index (χ0v) is 13.7. The molecule has 1 atom stereocenters. The Bertz CT molecular complexity index is 947. The Hall–Kier alpha value is -2.40. The largest absolute Gasteiger partial charge is 0.329 e. The van der Waals surface area contributed by atoms with Crippen molar-refractivity contribution < 1.29 is 0 Å². The maximum Gasteiger partial charge on any atom is 0.164 e. The normalized spacial score (nSPS) is 17.7. The Balaban J connectivity index is 1.99. The Morgan fingerprint density at radius 1 is 1.30 bits per heavy atom. The van der Waals surface area contributed by atoms with Crippen molar-refractivity contribution in [2.24, 2.45) is 7.05 Å². The Morgan fingerprint density at radius 2 is 2.17 bits per heavy atom. The lowest BCUT2D eigenvalue weighted by molar-refractivity contribution is 0.855. The van der Waals surface area contributed by atoms with Crippen LogP contribution in [-0.2, 0) is 7.05 Å². The molecule has 23 heavy (non-hydrogen) atoms. The zero-order valence-electron chi connectivity index (χ0n) is 12.9. The monoisotopic (exact) mass is 325 g/mol. The molecule has 0 bridgehead atoms. The van der Waals surface area contributed by atoms with Crippen LogP contribution in [0.2, 0.25) is 0 Å². The fraction of sp³-hybridized carbons (Fsp3) is 0.235. The van der Waals surface area contributed by atoms with E-state index in [0.29, 0.717) is 0 Å². The van der Waals surface area contributed by atoms with E-state index in [9.17, 15) is 0 Å². The third-order valence-electron chi connectivity index (χ3n) is 4.19. The second kappa shape index (κ2) is 5.35. The van der Waals surface area contributed by atoms with E-state index in [1.54, 1.807) is 6.20 Å². The van der Waals surface area contributed by atoms with Gasteiger partial charge in [0, 0.05) is 18.9 Å². The number of hydrogen-bond donors (Lipinski definition) is 0. The number of rotatable bonds is 2. The van der Waals surface area contributed by atoms with Crippen LogP contribution in [0.15, 0.2) is 42.9 Å². The van der Waals surface area contributed by atoms with Gasteiger partial charge in [0.05, 0.1) is 28.8 Å². The lowest BCUT2D eigenvalue weighted by atomic mass is 10.1. The van der Waals surface area contributed by atoms with Crippen molar-refractivity contribution in [2.75, 3.05) is 0 Å². The minimum absolute atomic E-state index is 0.0501. The fourth-order valence-corrected chi connectivity index (χ4v) is 2.98. The summed E-state index contributed by atoms with van der Waals surface area (Å²) in [6, 6.07) is 1.93. The average Bonchev–Trinajstić information content (AvgIpc) is 3.09. The third-order valence-corrected chi connectivity index (χ3v) is 4.52. The number of aryl methyl sites for hydroxylation is 1. The highest BCUT2D eigenvalue weighted by atomic mass is 35.5. The van der Waals surface area contributed by atoms with E-state index in [1.807, 2.05) is 49.2 Å². The van der Waals surface area contributed by atoms with Crippen LogP contribution in [0.4, 0.5) is 0 Å². The van der Waals surface area contributed by atoms with Gasteiger partial charge in [0.2, 0.25) is 0 Å². The molecule has 0 saturated heterocycles. The van der Waals surface area contributed by atoms with Gasteiger partial charge in [0.15, 0.2) is 5.82 Å². The highest BCUT2D eigenvalue weighted by Gasteiger charge is 2.19. The molecule has 1 aliphatic rings. The molecule has 0 spiro atoms. The lowest BCUT2D eigenvalue weighted by Gasteiger charge is -2.15. The summed E-state index contributed by atoms with van der Waals surface area (Å²) in [6.45, 7) is 1.98. The molecular weight excluding hydrogens is 310 g/mol. The van der Waals surface area contributed by atoms with Gasteiger partial charge >= 0.3 is 0 Å². The van der Waals surface area contributed by atoms with Crippen LogP contribution >= 0.6 is 11.6 Å². The van der Waals surface area contributed by atoms with E-state index in [-0.39, 0.29) is 5.38 Å². The maximum absolute atomic E-state index is 6.16. The van der Waals surface area contributed by atoms with Gasteiger partial charge in [0.1, 0.15) is 11.5 Å². The van der Waals surface area contributed by atoms with Gasteiger partial charge in [-0.3, -0.25) is 9.55 Å². The minimum atomic E-state index is 0.0501. The van der Waals surface area contributed by atoms with Gasteiger partial charge in [-0.2, -0.15) is 0 Å². The molecular formula is C17H16ClN5. The molecule has 116 valence electrons. The third kappa shape index (κ3) is 2.28. The van der Waals surface area contributed by atoms with E-state index >= 15 is 0 Å². The Labute approximate surface area is 139 Å². The smallest absolute Gasteiger partial charge is 0.164 e. The van der Waals surface area contributed by atoms with Crippen LogP contribution in [0.1, 0.15) is 12.2 Å². The predicted octanol–water partition coefficient (Wildman–Crippen LogP) is 3.55. The number of pyridine rings is 1. The lowest BCUT2D eigenvalue weighted by Crippen LogP contribution is -2.06. The molecule has 0 N–H and O–H groups in total. The van der Waals surface area contributed by atoms with Crippen molar-refractivity contribution >= 4 is 28.3 Å². The number of halogens is 1. The number of aromatic nitrogens is 5. The predicted molar refractivity (Wildman–Crippen MR) is 92.1 cm³/mol. The Kier molecular flexibility index (Phi) is 3.31. The zero-order chi connectivity index (χ0) is 16.0. The number of nitrogens with zero attached hydrogens (tertiary/aromatic N) is 5. The molecule has 0 aromatic carbocycles. The van der Waals surface area contributed by atoms with E-state index in [2.05, 4.69) is 20.6 Å². The maximum atomic E-state index is 6.16. The fourth-order valence-electron chi connectivity index (χ4n) is 2.82.